The van der Waals surface area contributed by atoms with E-state index in [9.17, 15) is 14.9 Å². The fraction of sp³-hybridized carbons (Fsp3) is 0.444. The lowest BCUT2D eigenvalue weighted by molar-refractivity contribution is -0.402. The molecule has 0 unspecified atom stereocenters. The second-order valence-corrected chi connectivity index (χ2v) is 3.23. The largest absolute Gasteiger partial charge is 0.433 e. The molecule has 0 atom stereocenters. The summed E-state index contributed by atoms with van der Waals surface area (Å²) in [5, 5.41) is 13.3. The first-order valence-electron chi connectivity index (χ1n) is 4.70. The van der Waals surface area contributed by atoms with Crippen molar-refractivity contribution in [2.45, 2.75) is 0 Å². The smallest absolute Gasteiger partial charge is 0.395 e. The Labute approximate surface area is 92.2 Å². The van der Waals surface area contributed by atoms with Gasteiger partial charge in [-0.25, -0.2) is 0 Å². The number of nitrogens with zero attached hydrogens (tertiary/aromatic N) is 2. The van der Waals surface area contributed by atoms with Crippen LogP contribution in [0.5, 0.6) is 0 Å². The molecule has 1 rings (SSSR count). The number of likely N-dealkylation sites (N-methyl/N-ethyl adjacent to an activating group) is 2. The topological polar surface area (TPSA) is 88.6 Å². The Morgan fingerprint density at radius 2 is 2.31 bits per heavy atom. The average molecular weight is 227 g/mol. The minimum absolute atomic E-state index is 0.0229. The van der Waals surface area contributed by atoms with Gasteiger partial charge in [0, 0.05) is 20.1 Å². The van der Waals surface area contributed by atoms with Gasteiger partial charge in [-0.15, -0.1) is 0 Å². The number of carbonyl (C=O) groups is 1. The highest BCUT2D eigenvalue weighted by Crippen LogP contribution is 2.16. The van der Waals surface area contributed by atoms with Gasteiger partial charge in [0.25, 0.3) is 5.91 Å². The van der Waals surface area contributed by atoms with Crippen LogP contribution >= 0.6 is 0 Å². The number of nitro groups is 1. The number of hydrogen-bond donors (Lipinski definition) is 1. The first-order chi connectivity index (χ1) is 7.56. The molecule has 0 saturated heterocycles. The summed E-state index contributed by atoms with van der Waals surface area (Å²) in [4.78, 5) is 22.8. The Hall–Kier alpha value is -1.89. The molecule has 16 heavy (non-hydrogen) atoms. The molecule has 0 aliphatic carbocycles. The van der Waals surface area contributed by atoms with Crippen molar-refractivity contribution in [2.24, 2.45) is 0 Å². The standard InChI is InChI=1S/C9H13N3O4/c1-10-5-6-11(2)9(13)7-3-4-8(16-7)12(14)15/h3-4,10H,5-6H2,1-2H3. The first kappa shape index (κ1) is 12.2. The minimum Gasteiger partial charge on any atom is -0.395 e. The Balaban J connectivity index is 2.68. The summed E-state index contributed by atoms with van der Waals surface area (Å²) >= 11 is 0. The van der Waals surface area contributed by atoms with Gasteiger partial charge in [0.05, 0.1) is 6.07 Å². The van der Waals surface area contributed by atoms with Crippen LogP contribution in [0.4, 0.5) is 5.88 Å². The lowest BCUT2D eigenvalue weighted by Gasteiger charge is -2.14. The van der Waals surface area contributed by atoms with Crippen molar-refractivity contribution in [1.29, 1.82) is 0 Å². The lowest BCUT2D eigenvalue weighted by Crippen LogP contribution is -2.32. The Morgan fingerprint density at radius 1 is 1.62 bits per heavy atom. The fourth-order valence-corrected chi connectivity index (χ4v) is 1.11. The van der Waals surface area contributed by atoms with Crippen LogP contribution in [-0.4, -0.2) is 42.9 Å². The number of rotatable bonds is 5. The molecular weight excluding hydrogens is 214 g/mol. The molecule has 0 aromatic carbocycles. The van der Waals surface area contributed by atoms with Gasteiger partial charge in [-0.2, -0.15) is 0 Å². The number of amides is 1. The Morgan fingerprint density at radius 3 is 2.81 bits per heavy atom. The SMILES string of the molecule is CNCCN(C)C(=O)c1ccc([N+](=O)[O-])o1. The van der Waals surface area contributed by atoms with Crippen molar-refractivity contribution < 1.29 is 14.1 Å². The lowest BCUT2D eigenvalue weighted by atomic mass is 10.4. The molecule has 0 spiro atoms. The monoisotopic (exact) mass is 227 g/mol. The van der Waals surface area contributed by atoms with E-state index in [4.69, 9.17) is 4.42 Å². The summed E-state index contributed by atoms with van der Waals surface area (Å²) in [6.45, 7) is 1.15. The Bertz CT molecular complexity index is 388. The van der Waals surface area contributed by atoms with Gasteiger partial charge >= 0.3 is 5.88 Å². The maximum absolute atomic E-state index is 11.7. The van der Waals surface area contributed by atoms with Crippen LogP contribution in [-0.2, 0) is 0 Å². The van der Waals surface area contributed by atoms with Crippen LogP contribution in [0.1, 0.15) is 10.6 Å². The highest BCUT2D eigenvalue weighted by Gasteiger charge is 2.19. The molecule has 1 N–H and O–H groups in total. The molecular formula is C9H13N3O4. The molecule has 7 nitrogen and oxygen atoms in total. The molecule has 0 aliphatic rings. The third kappa shape index (κ3) is 2.80. The summed E-state index contributed by atoms with van der Waals surface area (Å²) in [6, 6.07) is 2.47. The molecule has 0 saturated carbocycles. The van der Waals surface area contributed by atoms with Gasteiger partial charge in [0.2, 0.25) is 0 Å². The minimum atomic E-state index is -0.676. The predicted octanol–water partition coefficient (Wildman–Crippen LogP) is 0.479. The summed E-state index contributed by atoms with van der Waals surface area (Å²) in [5.41, 5.74) is 0. The average Bonchev–Trinajstić information content (AvgIpc) is 2.74. The van der Waals surface area contributed by atoms with Crippen LogP contribution in [0.2, 0.25) is 0 Å². The van der Waals surface area contributed by atoms with E-state index in [1.54, 1.807) is 14.1 Å². The molecule has 88 valence electrons. The second-order valence-electron chi connectivity index (χ2n) is 3.23. The summed E-state index contributed by atoms with van der Waals surface area (Å²) < 4.78 is 4.80. The van der Waals surface area contributed by atoms with Gasteiger partial charge in [0.1, 0.15) is 4.92 Å². The third-order valence-electron chi connectivity index (χ3n) is 2.03. The number of furan rings is 1. The van der Waals surface area contributed by atoms with Crippen LogP contribution in [0.25, 0.3) is 0 Å². The van der Waals surface area contributed by atoms with E-state index in [1.807, 2.05) is 0 Å². The van der Waals surface area contributed by atoms with Crippen molar-refractivity contribution in [1.82, 2.24) is 10.2 Å². The van der Waals surface area contributed by atoms with Crippen LogP contribution in [0.15, 0.2) is 16.5 Å². The van der Waals surface area contributed by atoms with Crippen LogP contribution < -0.4 is 5.32 Å². The van der Waals surface area contributed by atoms with E-state index in [0.29, 0.717) is 13.1 Å². The number of carbonyl (C=O) groups excluding carboxylic acids is 1. The molecule has 0 aliphatic heterocycles. The van der Waals surface area contributed by atoms with E-state index in [2.05, 4.69) is 5.32 Å². The van der Waals surface area contributed by atoms with Crippen LogP contribution in [0.3, 0.4) is 0 Å². The summed E-state index contributed by atoms with van der Waals surface area (Å²) in [6.07, 6.45) is 0. The maximum atomic E-state index is 11.7. The highest BCUT2D eigenvalue weighted by atomic mass is 16.6. The van der Waals surface area contributed by atoms with Crippen molar-refractivity contribution in [3.63, 3.8) is 0 Å². The molecule has 1 heterocycles. The zero-order valence-corrected chi connectivity index (χ0v) is 9.10. The molecule has 1 amide bonds. The van der Waals surface area contributed by atoms with Crippen molar-refractivity contribution >= 4 is 11.8 Å². The quantitative estimate of drug-likeness (QED) is 0.583. The van der Waals surface area contributed by atoms with Crippen molar-refractivity contribution in [2.75, 3.05) is 27.2 Å². The summed E-state index contributed by atoms with van der Waals surface area (Å²) in [5.74, 6) is -0.820. The van der Waals surface area contributed by atoms with Crippen molar-refractivity contribution in [3.8, 4) is 0 Å². The molecule has 0 bridgehead atoms. The van der Waals surface area contributed by atoms with Gasteiger partial charge in [-0.3, -0.25) is 14.9 Å². The zero-order valence-electron chi connectivity index (χ0n) is 9.10. The van der Waals surface area contributed by atoms with Crippen LogP contribution in [0, 0.1) is 10.1 Å². The van der Waals surface area contributed by atoms with Gasteiger partial charge in [-0.1, -0.05) is 0 Å². The van der Waals surface area contributed by atoms with Gasteiger partial charge in [-0.05, 0) is 13.1 Å². The normalized spacial score (nSPS) is 10.1. The van der Waals surface area contributed by atoms with Gasteiger partial charge in [0.15, 0.2) is 5.76 Å². The van der Waals surface area contributed by atoms with E-state index in [1.165, 1.54) is 17.0 Å². The first-order valence-corrected chi connectivity index (χ1v) is 4.70. The second kappa shape index (κ2) is 5.26. The molecule has 7 heteroatoms. The van der Waals surface area contributed by atoms with Crippen molar-refractivity contribution in [3.05, 3.63) is 28.0 Å². The number of nitrogens with one attached hydrogen (secondary N) is 1. The zero-order chi connectivity index (χ0) is 12.1. The Kier molecular flexibility index (Phi) is 4.01. The van der Waals surface area contributed by atoms with Gasteiger partial charge < -0.3 is 14.6 Å². The van der Waals surface area contributed by atoms with E-state index in [-0.39, 0.29) is 11.7 Å². The third-order valence-corrected chi connectivity index (χ3v) is 2.03. The summed E-state index contributed by atoms with van der Waals surface area (Å²) in [7, 11) is 3.38. The molecule has 0 fully saturated rings. The highest BCUT2D eigenvalue weighted by molar-refractivity contribution is 5.91. The van der Waals surface area contributed by atoms with E-state index >= 15 is 0 Å². The molecule has 0 radical (unpaired) electrons. The molecule has 1 aromatic rings. The maximum Gasteiger partial charge on any atom is 0.433 e. The number of hydrogen-bond acceptors (Lipinski definition) is 5. The van der Waals surface area contributed by atoms with E-state index < -0.39 is 10.8 Å². The fourth-order valence-electron chi connectivity index (χ4n) is 1.11. The molecule has 1 aromatic heterocycles. The predicted molar refractivity (Wildman–Crippen MR) is 56.2 cm³/mol. The van der Waals surface area contributed by atoms with E-state index in [0.717, 1.165) is 0 Å².